The first-order valence-corrected chi connectivity index (χ1v) is 11.7. The lowest BCUT2D eigenvalue weighted by Gasteiger charge is -2.34. The van der Waals surface area contributed by atoms with E-state index in [9.17, 15) is 18.0 Å². The molecule has 2 aliphatic rings. The quantitative estimate of drug-likeness (QED) is 0.812. The van der Waals surface area contributed by atoms with Gasteiger partial charge in [0, 0.05) is 18.2 Å². The number of benzene rings is 2. The van der Waals surface area contributed by atoms with E-state index in [4.69, 9.17) is 0 Å². The Kier molecular flexibility index (Phi) is 5.62. The lowest BCUT2D eigenvalue weighted by atomic mass is 10.0. The third-order valence-electron chi connectivity index (χ3n) is 5.77. The molecule has 1 unspecified atom stereocenters. The van der Waals surface area contributed by atoms with E-state index in [-0.39, 0.29) is 29.3 Å². The van der Waals surface area contributed by atoms with E-state index in [1.807, 2.05) is 6.92 Å². The van der Waals surface area contributed by atoms with Crippen molar-refractivity contribution < 1.29 is 18.0 Å². The van der Waals surface area contributed by atoms with E-state index >= 15 is 0 Å². The predicted molar refractivity (Wildman–Crippen MR) is 115 cm³/mol. The van der Waals surface area contributed by atoms with E-state index in [1.54, 1.807) is 28.6 Å². The Morgan fingerprint density at radius 2 is 1.83 bits per heavy atom. The van der Waals surface area contributed by atoms with Gasteiger partial charge in [-0.1, -0.05) is 25.5 Å². The highest BCUT2D eigenvalue weighted by Crippen LogP contribution is 2.31. The van der Waals surface area contributed by atoms with Crippen LogP contribution in [0.5, 0.6) is 0 Å². The van der Waals surface area contributed by atoms with Crippen molar-refractivity contribution in [2.24, 2.45) is 0 Å². The average molecular weight is 428 g/mol. The third kappa shape index (κ3) is 3.73. The van der Waals surface area contributed by atoms with E-state index in [2.05, 4.69) is 5.32 Å². The van der Waals surface area contributed by atoms with Gasteiger partial charge in [-0.2, -0.15) is 4.31 Å². The highest BCUT2D eigenvalue weighted by Gasteiger charge is 2.33. The number of para-hydroxylation sites is 2. The first-order chi connectivity index (χ1) is 14.4. The summed E-state index contributed by atoms with van der Waals surface area (Å²) in [6.07, 6.45) is 3.57. The molecule has 30 heavy (non-hydrogen) atoms. The Morgan fingerprint density at radius 1 is 1.10 bits per heavy atom. The summed E-state index contributed by atoms with van der Waals surface area (Å²) in [7, 11) is -3.60. The summed E-state index contributed by atoms with van der Waals surface area (Å²) in [4.78, 5) is 26.7. The molecule has 2 aromatic carbocycles. The number of amides is 2. The molecule has 1 N–H and O–H groups in total. The summed E-state index contributed by atoms with van der Waals surface area (Å²) in [5.41, 5.74) is 1.54. The Morgan fingerprint density at radius 3 is 2.57 bits per heavy atom. The van der Waals surface area contributed by atoms with Crippen LogP contribution in [0.2, 0.25) is 0 Å². The number of sulfonamides is 1. The summed E-state index contributed by atoms with van der Waals surface area (Å²) in [5, 5.41) is 2.75. The zero-order valence-electron chi connectivity index (χ0n) is 16.9. The van der Waals surface area contributed by atoms with Crippen molar-refractivity contribution in [1.82, 2.24) is 4.31 Å². The topological polar surface area (TPSA) is 86.8 Å². The molecule has 2 aliphatic heterocycles. The summed E-state index contributed by atoms with van der Waals surface area (Å²) in [6, 6.07) is 13.1. The molecular weight excluding hydrogens is 402 g/mol. The number of nitrogens with one attached hydrogen (secondary N) is 1. The van der Waals surface area contributed by atoms with Crippen LogP contribution in [0.25, 0.3) is 0 Å². The van der Waals surface area contributed by atoms with Gasteiger partial charge in [0.25, 0.3) is 5.91 Å². The SMILES string of the molecule is CCC1CCCCN1S(=O)(=O)c1ccc(C(=O)N2CC(=O)Nc3ccccc32)cc1. The van der Waals surface area contributed by atoms with Crippen LogP contribution >= 0.6 is 0 Å². The van der Waals surface area contributed by atoms with Crippen molar-refractivity contribution in [3.8, 4) is 0 Å². The smallest absolute Gasteiger partial charge is 0.258 e. The first kappa shape index (κ1) is 20.6. The molecule has 0 aliphatic carbocycles. The fourth-order valence-electron chi connectivity index (χ4n) is 4.17. The maximum Gasteiger partial charge on any atom is 0.258 e. The van der Waals surface area contributed by atoms with Crippen LogP contribution in [0, 0.1) is 0 Å². The molecule has 0 bridgehead atoms. The number of piperidine rings is 1. The van der Waals surface area contributed by atoms with Gasteiger partial charge >= 0.3 is 0 Å². The number of carbonyl (C=O) groups is 2. The maximum absolute atomic E-state index is 13.1. The number of rotatable bonds is 4. The molecular formula is C22H25N3O4S. The highest BCUT2D eigenvalue weighted by molar-refractivity contribution is 7.89. The molecule has 0 radical (unpaired) electrons. The standard InChI is InChI=1S/C22H25N3O4S/c1-2-17-7-5-6-14-25(17)30(28,29)18-12-10-16(11-13-18)22(27)24-15-21(26)23-19-8-3-4-9-20(19)24/h3-4,8-13,17H,2,5-7,14-15H2,1H3,(H,23,26). The number of nitrogens with zero attached hydrogens (tertiary/aromatic N) is 2. The van der Waals surface area contributed by atoms with Gasteiger partial charge in [-0.15, -0.1) is 0 Å². The second kappa shape index (κ2) is 8.20. The minimum Gasteiger partial charge on any atom is -0.323 e. The minimum atomic E-state index is -3.60. The van der Waals surface area contributed by atoms with Crippen molar-refractivity contribution in [1.29, 1.82) is 0 Å². The molecule has 1 fully saturated rings. The predicted octanol–water partition coefficient (Wildman–Crippen LogP) is 3.24. The number of hydrogen-bond donors (Lipinski definition) is 1. The number of fused-ring (bicyclic) bond motifs is 1. The summed E-state index contributed by atoms with van der Waals surface area (Å²) in [6.45, 7) is 2.45. The van der Waals surface area contributed by atoms with Crippen LogP contribution in [0.3, 0.4) is 0 Å². The van der Waals surface area contributed by atoms with E-state index in [0.29, 0.717) is 23.5 Å². The van der Waals surface area contributed by atoms with Gasteiger partial charge in [-0.05, 0) is 55.7 Å². The largest absolute Gasteiger partial charge is 0.323 e. The van der Waals surface area contributed by atoms with Crippen molar-refractivity contribution >= 4 is 33.2 Å². The molecule has 1 atom stereocenters. The van der Waals surface area contributed by atoms with Gasteiger partial charge < -0.3 is 5.32 Å². The van der Waals surface area contributed by atoms with Gasteiger partial charge in [-0.3, -0.25) is 14.5 Å². The molecule has 0 saturated carbocycles. The second-order valence-electron chi connectivity index (χ2n) is 7.65. The maximum atomic E-state index is 13.1. The van der Waals surface area contributed by atoms with Crippen LogP contribution in [0.1, 0.15) is 43.0 Å². The Hall–Kier alpha value is -2.71. The van der Waals surface area contributed by atoms with Crippen LogP contribution in [0.15, 0.2) is 53.4 Å². The lowest BCUT2D eigenvalue weighted by molar-refractivity contribution is -0.115. The zero-order chi connectivity index (χ0) is 21.3. The van der Waals surface area contributed by atoms with Gasteiger partial charge in [0.05, 0.1) is 16.3 Å². The fraction of sp³-hybridized carbons (Fsp3) is 0.364. The van der Waals surface area contributed by atoms with Gasteiger partial charge in [0.1, 0.15) is 6.54 Å². The first-order valence-electron chi connectivity index (χ1n) is 10.2. The normalized spacial score (nSPS) is 19.8. The van der Waals surface area contributed by atoms with E-state index in [0.717, 1.165) is 25.7 Å². The fourth-order valence-corrected chi connectivity index (χ4v) is 5.94. The summed E-state index contributed by atoms with van der Waals surface area (Å²) < 4.78 is 27.8. The van der Waals surface area contributed by atoms with E-state index < -0.39 is 10.0 Å². The molecule has 0 spiro atoms. The monoisotopic (exact) mass is 427 g/mol. The van der Waals surface area contributed by atoms with Crippen LogP contribution in [-0.2, 0) is 14.8 Å². The molecule has 2 amide bonds. The molecule has 4 rings (SSSR count). The third-order valence-corrected chi connectivity index (χ3v) is 7.73. The van der Waals surface area contributed by atoms with Crippen molar-refractivity contribution in [3.63, 3.8) is 0 Å². The van der Waals surface area contributed by atoms with Crippen LogP contribution in [-0.4, -0.2) is 43.7 Å². The molecule has 2 heterocycles. The van der Waals surface area contributed by atoms with Crippen molar-refractivity contribution in [3.05, 3.63) is 54.1 Å². The Labute approximate surface area is 176 Å². The Bertz CT molecular complexity index is 1070. The highest BCUT2D eigenvalue weighted by atomic mass is 32.2. The minimum absolute atomic E-state index is 0.0217. The van der Waals surface area contributed by atoms with Gasteiger partial charge in [-0.25, -0.2) is 8.42 Å². The number of hydrogen-bond acceptors (Lipinski definition) is 4. The number of anilines is 2. The van der Waals surface area contributed by atoms with Gasteiger partial charge in [0.2, 0.25) is 15.9 Å². The molecule has 158 valence electrons. The molecule has 1 saturated heterocycles. The second-order valence-corrected chi connectivity index (χ2v) is 9.55. The Balaban J connectivity index is 1.60. The lowest BCUT2D eigenvalue weighted by Crippen LogP contribution is -2.43. The summed E-state index contributed by atoms with van der Waals surface area (Å²) in [5.74, 6) is -0.609. The zero-order valence-corrected chi connectivity index (χ0v) is 17.7. The van der Waals surface area contributed by atoms with Crippen LogP contribution < -0.4 is 10.2 Å². The molecule has 7 nitrogen and oxygen atoms in total. The molecule has 0 aromatic heterocycles. The van der Waals surface area contributed by atoms with Gasteiger partial charge in [0.15, 0.2) is 0 Å². The van der Waals surface area contributed by atoms with Crippen molar-refractivity contribution in [2.45, 2.75) is 43.5 Å². The summed E-state index contributed by atoms with van der Waals surface area (Å²) >= 11 is 0. The average Bonchev–Trinajstić information content (AvgIpc) is 2.78. The van der Waals surface area contributed by atoms with Crippen molar-refractivity contribution in [2.75, 3.05) is 23.3 Å². The van der Waals surface area contributed by atoms with Crippen LogP contribution in [0.4, 0.5) is 11.4 Å². The number of carbonyl (C=O) groups excluding carboxylic acids is 2. The van der Waals surface area contributed by atoms with E-state index in [1.165, 1.54) is 29.2 Å². The molecule has 2 aromatic rings. The molecule has 8 heteroatoms.